The molecule has 0 aliphatic carbocycles. The number of aliphatic carboxylic acids is 1. The Hall–Kier alpha value is -2.11. The van der Waals surface area contributed by atoms with E-state index in [0.717, 1.165) is 11.3 Å². The van der Waals surface area contributed by atoms with Crippen LogP contribution in [0.4, 0.5) is 4.79 Å². The van der Waals surface area contributed by atoms with Crippen LogP contribution in [0.2, 0.25) is 0 Å². The highest BCUT2D eigenvalue weighted by Gasteiger charge is 2.36. The molecule has 1 saturated heterocycles. The molecule has 1 fully saturated rings. The number of nitrogens with zero attached hydrogens (tertiary/aromatic N) is 2. The Morgan fingerprint density at radius 2 is 2.20 bits per heavy atom. The van der Waals surface area contributed by atoms with Crippen LogP contribution in [-0.2, 0) is 11.3 Å². The predicted molar refractivity (Wildman–Crippen MR) is 73.1 cm³/mol. The van der Waals surface area contributed by atoms with Gasteiger partial charge in [0.1, 0.15) is 0 Å². The van der Waals surface area contributed by atoms with Gasteiger partial charge in [0.25, 0.3) is 0 Å². The zero-order valence-electron chi connectivity index (χ0n) is 11.7. The second-order valence-electron chi connectivity index (χ2n) is 5.29. The molecule has 2 N–H and O–H groups in total. The molecule has 1 aromatic heterocycles. The Morgan fingerprint density at radius 1 is 1.45 bits per heavy atom. The van der Waals surface area contributed by atoms with Crippen LogP contribution in [0.25, 0.3) is 0 Å². The Labute approximate surface area is 117 Å². The highest BCUT2D eigenvalue weighted by Crippen LogP contribution is 2.23. The first kappa shape index (κ1) is 14.3. The molecule has 0 spiro atoms. The van der Waals surface area contributed by atoms with Crippen LogP contribution in [0.15, 0.2) is 18.3 Å². The number of urea groups is 1. The summed E-state index contributed by atoms with van der Waals surface area (Å²) >= 11 is 0. The minimum Gasteiger partial charge on any atom is -0.481 e. The number of carboxylic acid groups (broad SMARTS) is 1. The fraction of sp³-hybridized carbons (Fsp3) is 0.500. The highest BCUT2D eigenvalue weighted by molar-refractivity contribution is 5.77. The normalized spacial score (nSPS) is 21.8. The van der Waals surface area contributed by atoms with E-state index in [1.54, 1.807) is 11.1 Å². The summed E-state index contributed by atoms with van der Waals surface area (Å²) in [6.45, 7) is 4.91. The van der Waals surface area contributed by atoms with E-state index >= 15 is 0 Å². The molecule has 1 aliphatic heterocycles. The van der Waals surface area contributed by atoms with Gasteiger partial charge in [-0.05, 0) is 24.5 Å². The number of carbonyl (C=O) groups is 2. The number of nitrogens with one attached hydrogen (secondary N) is 1. The lowest BCUT2D eigenvalue weighted by atomic mass is 9.99. The SMILES string of the molecule is Cc1ccc(CNC(=O)N2C[C@@H](C)[C@H](C(=O)O)C2)cn1. The number of likely N-dealkylation sites (tertiary alicyclic amines) is 1. The second kappa shape index (κ2) is 5.90. The van der Waals surface area contributed by atoms with Gasteiger partial charge in [-0.1, -0.05) is 13.0 Å². The maximum atomic E-state index is 12.0. The smallest absolute Gasteiger partial charge is 0.317 e. The molecule has 2 amide bonds. The van der Waals surface area contributed by atoms with Crippen molar-refractivity contribution in [2.24, 2.45) is 11.8 Å². The summed E-state index contributed by atoms with van der Waals surface area (Å²) in [6.07, 6.45) is 1.72. The summed E-state index contributed by atoms with van der Waals surface area (Å²) in [5.74, 6) is -1.32. The van der Waals surface area contributed by atoms with Crippen molar-refractivity contribution in [1.29, 1.82) is 0 Å². The molecule has 2 heterocycles. The molecule has 6 nitrogen and oxygen atoms in total. The number of aromatic nitrogens is 1. The molecular weight excluding hydrogens is 258 g/mol. The van der Waals surface area contributed by atoms with Crippen molar-refractivity contribution >= 4 is 12.0 Å². The molecule has 0 unspecified atom stereocenters. The number of carbonyl (C=O) groups excluding carboxylic acids is 1. The minimum atomic E-state index is -0.837. The van der Waals surface area contributed by atoms with Gasteiger partial charge in [-0.3, -0.25) is 9.78 Å². The van der Waals surface area contributed by atoms with E-state index in [9.17, 15) is 9.59 Å². The van der Waals surface area contributed by atoms with Gasteiger partial charge in [-0.25, -0.2) is 4.79 Å². The van der Waals surface area contributed by atoms with Gasteiger partial charge in [0, 0.05) is 31.5 Å². The number of amides is 2. The van der Waals surface area contributed by atoms with E-state index in [1.807, 2.05) is 26.0 Å². The molecule has 1 aromatic rings. The van der Waals surface area contributed by atoms with E-state index in [1.165, 1.54) is 0 Å². The Balaban J connectivity index is 1.87. The van der Waals surface area contributed by atoms with Crippen molar-refractivity contribution in [3.05, 3.63) is 29.6 Å². The third-order valence-electron chi connectivity index (χ3n) is 3.63. The molecule has 6 heteroatoms. The van der Waals surface area contributed by atoms with Crippen LogP contribution in [0.3, 0.4) is 0 Å². The average Bonchev–Trinajstić information content (AvgIpc) is 2.80. The first-order chi connectivity index (χ1) is 9.47. The van der Waals surface area contributed by atoms with Crippen molar-refractivity contribution < 1.29 is 14.7 Å². The van der Waals surface area contributed by atoms with Crippen molar-refractivity contribution in [2.75, 3.05) is 13.1 Å². The lowest BCUT2D eigenvalue weighted by molar-refractivity contribution is -0.142. The third kappa shape index (κ3) is 3.26. The van der Waals surface area contributed by atoms with Crippen LogP contribution in [0.1, 0.15) is 18.2 Å². The number of rotatable bonds is 3. The van der Waals surface area contributed by atoms with Gasteiger partial charge >= 0.3 is 12.0 Å². The molecule has 2 rings (SSSR count). The summed E-state index contributed by atoms with van der Waals surface area (Å²) in [5.41, 5.74) is 1.85. The molecule has 0 saturated carbocycles. The predicted octanol–water partition coefficient (Wildman–Crippen LogP) is 1.25. The zero-order valence-corrected chi connectivity index (χ0v) is 11.7. The van der Waals surface area contributed by atoms with Crippen molar-refractivity contribution in [1.82, 2.24) is 15.2 Å². The number of carboxylic acids is 1. The van der Waals surface area contributed by atoms with E-state index in [-0.39, 0.29) is 18.5 Å². The van der Waals surface area contributed by atoms with Gasteiger partial charge in [-0.15, -0.1) is 0 Å². The molecule has 0 radical (unpaired) electrons. The van der Waals surface area contributed by atoms with E-state index in [0.29, 0.717) is 13.1 Å². The lowest BCUT2D eigenvalue weighted by Crippen LogP contribution is -2.38. The van der Waals surface area contributed by atoms with E-state index in [4.69, 9.17) is 5.11 Å². The molecule has 2 atom stereocenters. The van der Waals surface area contributed by atoms with Crippen LogP contribution < -0.4 is 5.32 Å². The van der Waals surface area contributed by atoms with Crippen molar-refractivity contribution in [3.8, 4) is 0 Å². The van der Waals surface area contributed by atoms with Gasteiger partial charge in [0.15, 0.2) is 0 Å². The summed E-state index contributed by atoms with van der Waals surface area (Å²) < 4.78 is 0. The average molecular weight is 277 g/mol. The number of hydrogen-bond acceptors (Lipinski definition) is 3. The first-order valence-electron chi connectivity index (χ1n) is 6.64. The topological polar surface area (TPSA) is 82.5 Å². The van der Waals surface area contributed by atoms with E-state index < -0.39 is 11.9 Å². The fourth-order valence-electron chi connectivity index (χ4n) is 2.35. The zero-order chi connectivity index (χ0) is 14.7. The van der Waals surface area contributed by atoms with Gasteiger partial charge in [0.2, 0.25) is 0 Å². The summed E-state index contributed by atoms with van der Waals surface area (Å²) in [5, 5.41) is 11.8. The molecule has 20 heavy (non-hydrogen) atoms. The van der Waals surface area contributed by atoms with Crippen LogP contribution in [0.5, 0.6) is 0 Å². The lowest BCUT2D eigenvalue weighted by Gasteiger charge is -2.16. The van der Waals surface area contributed by atoms with Gasteiger partial charge in [0.05, 0.1) is 5.92 Å². The van der Waals surface area contributed by atoms with Gasteiger partial charge in [-0.2, -0.15) is 0 Å². The monoisotopic (exact) mass is 277 g/mol. The first-order valence-corrected chi connectivity index (χ1v) is 6.64. The standard InChI is InChI=1S/C14H19N3O3/c1-9-7-17(8-12(9)13(18)19)14(20)16-6-11-4-3-10(2)15-5-11/h3-5,9,12H,6-8H2,1-2H3,(H,16,20)(H,18,19)/t9-,12-/m1/s1. The summed E-state index contributed by atoms with van der Waals surface area (Å²) in [6, 6.07) is 3.58. The Bertz CT molecular complexity index is 501. The van der Waals surface area contributed by atoms with Crippen molar-refractivity contribution in [2.45, 2.75) is 20.4 Å². The fourth-order valence-corrected chi connectivity index (χ4v) is 2.35. The van der Waals surface area contributed by atoms with Crippen molar-refractivity contribution in [3.63, 3.8) is 0 Å². The highest BCUT2D eigenvalue weighted by atomic mass is 16.4. The second-order valence-corrected chi connectivity index (χ2v) is 5.29. The maximum absolute atomic E-state index is 12.0. The summed E-state index contributed by atoms with van der Waals surface area (Å²) in [4.78, 5) is 28.7. The van der Waals surface area contributed by atoms with Gasteiger partial charge < -0.3 is 15.3 Å². The number of aryl methyl sites for hydroxylation is 1. The molecular formula is C14H19N3O3. The largest absolute Gasteiger partial charge is 0.481 e. The third-order valence-corrected chi connectivity index (χ3v) is 3.63. The number of hydrogen-bond donors (Lipinski definition) is 2. The Morgan fingerprint density at radius 3 is 2.75 bits per heavy atom. The van der Waals surface area contributed by atoms with E-state index in [2.05, 4.69) is 10.3 Å². The number of pyridine rings is 1. The molecule has 0 bridgehead atoms. The van der Waals surface area contributed by atoms with Crippen LogP contribution in [-0.4, -0.2) is 40.1 Å². The Kier molecular flexibility index (Phi) is 4.22. The molecule has 1 aliphatic rings. The molecule has 108 valence electrons. The van der Waals surface area contributed by atoms with Crippen LogP contribution in [0, 0.1) is 18.8 Å². The quantitative estimate of drug-likeness (QED) is 0.871. The molecule has 0 aromatic carbocycles. The maximum Gasteiger partial charge on any atom is 0.317 e. The minimum absolute atomic E-state index is 0.0145. The van der Waals surface area contributed by atoms with Crippen LogP contribution >= 0.6 is 0 Å². The summed E-state index contributed by atoms with van der Waals surface area (Å²) in [7, 11) is 0.